The van der Waals surface area contributed by atoms with Gasteiger partial charge in [-0.15, -0.1) is 11.3 Å². The van der Waals surface area contributed by atoms with Crippen LogP contribution in [0, 0.1) is 5.82 Å². The molecule has 2 rings (SSSR count). The summed E-state index contributed by atoms with van der Waals surface area (Å²) in [6.45, 7) is 0.919. The van der Waals surface area contributed by atoms with Crippen LogP contribution >= 0.6 is 11.3 Å². The summed E-state index contributed by atoms with van der Waals surface area (Å²) >= 11 is 1.63. The summed E-state index contributed by atoms with van der Waals surface area (Å²) in [5.74, 6) is -0.360. The summed E-state index contributed by atoms with van der Waals surface area (Å²) in [5, 5.41) is 1.99. The zero-order valence-electron chi connectivity index (χ0n) is 9.77. The molecule has 0 fully saturated rings. The molecule has 0 aliphatic carbocycles. The van der Waals surface area contributed by atoms with Gasteiger partial charge in [-0.3, -0.25) is 4.79 Å². The second-order valence-electron chi connectivity index (χ2n) is 3.81. The van der Waals surface area contributed by atoms with E-state index in [4.69, 9.17) is 4.74 Å². The largest absolute Gasteiger partial charge is 0.375 e. The first kappa shape index (κ1) is 12.9. The van der Waals surface area contributed by atoms with Gasteiger partial charge in [-0.05, 0) is 35.7 Å². The van der Waals surface area contributed by atoms with Crippen LogP contribution in [0.3, 0.4) is 0 Å². The average Bonchev–Trinajstić information content (AvgIpc) is 2.88. The molecule has 18 heavy (non-hydrogen) atoms. The SMILES string of the molecule is O=C(CCOCc1cccs1)c1ccc(F)cc1. The molecule has 0 amide bonds. The van der Waals surface area contributed by atoms with E-state index < -0.39 is 0 Å². The standard InChI is InChI=1S/C14H13FO2S/c15-12-5-3-11(4-6-12)14(16)7-8-17-10-13-2-1-9-18-13/h1-6,9H,7-8,10H2. The van der Waals surface area contributed by atoms with Crippen molar-refractivity contribution in [1.29, 1.82) is 0 Å². The summed E-state index contributed by atoms with van der Waals surface area (Å²) in [7, 11) is 0. The van der Waals surface area contributed by atoms with E-state index in [1.165, 1.54) is 24.3 Å². The lowest BCUT2D eigenvalue weighted by Gasteiger charge is -2.02. The van der Waals surface area contributed by atoms with Gasteiger partial charge in [0.1, 0.15) is 5.82 Å². The summed E-state index contributed by atoms with van der Waals surface area (Å²) in [6.07, 6.45) is 0.316. The number of carbonyl (C=O) groups excluding carboxylic acids is 1. The Balaban J connectivity index is 1.73. The molecule has 0 atom stereocenters. The number of ketones is 1. The molecule has 2 aromatic rings. The van der Waals surface area contributed by atoms with Gasteiger partial charge in [0, 0.05) is 16.9 Å². The molecular weight excluding hydrogens is 251 g/mol. The van der Waals surface area contributed by atoms with Crippen molar-refractivity contribution in [2.24, 2.45) is 0 Å². The maximum atomic E-state index is 12.7. The third kappa shape index (κ3) is 3.75. The minimum Gasteiger partial charge on any atom is -0.375 e. The molecule has 0 unspecified atom stereocenters. The Morgan fingerprint density at radius 2 is 2.00 bits per heavy atom. The first-order chi connectivity index (χ1) is 8.75. The van der Waals surface area contributed by atoms with E-state index in [0.29, 0.717) is 25.2 Å². The average molecular weight is 264 g/mol. The van der Waals surface area contributed by atoms with Gasteiger partial charge in [-0.1, -0.05) is 6.07 Å². The fraction of sp³-hybridized carbons (Fsp3) is 0.214. The maximum Gasteiger partial charge on any atom is 0.165 e. The Labute approximate surface area is 109 Å². The molecule has 0 saturated carbocycles. The zero-order chi connectivity index (χ0) is 12.8. The number of thiophene rings is 1. The number of ether oxygens (including phenoxy) is 1. The predicted octanol–water partition coefficient (Wildman–Crippen LogP) is 3.68. The number of benzene rings is 1. The lowest BCUT2D eigenvalue weighted by Crippen LogP contribution is -2.04. The van der Waals surface area contributed by atoms with Crippen molar-refractivity contribution < 1.29 is 13.9 Å². The second-order valence-corrected chi connectivity index (χ2v) is 4.84. The number of Topliss-reactive ketones (excluding diaryl/α,β-unsaturated/α-hetero) is 1. The molecule has 1 heterocycles. The van der Waals surface area contributed by atoms with E-state index in [9.17, 15) is 9.18 Å². The van der Waals surface area contributed by atoms with Crippen LogP contribution in [0.15, 0.2) is 41.8 Å². The van der Waals surface area contributed by atoms with Crippen LogP contribution in [0.4, 0.5) is 4.39 Å². The summed E-state index contributed by atoms with van der Waals surface area (Å²) < 4.78 is 18.1. The van der Waals surface area contributed by atoms with E-state index in [2.05, 4.69) is 0 Å². The van der Waals surface area contributed by atoms with Gasteiger partial charge < -0.3 is 4.74 Å². The van der Waals surface area contributed by atoms with Crippen molar-refractivity contribution in [2.75, 3.05) is 6.61 Å². The van der Waals surface area contributed by atoms with Gasteiger partial charge in [0.15, 0.2) is 5.78 Å². The van der Waals surface area contributed by atoms with E-state index in [1.54, 1.807) is 11.3 Å². The number of hydrogen-bond acceptors (Lipinski definition) is 3. The summed E-state index contributed by atoms with van der Waals surface area (Å²) in [6, 6.07) is 9.53. The van der Waals surface area contributed by atoms with E-state index in [1.807, 2.05) is 17.5 Å². The van der Waals surface area contributed by atoms with Gasteiger partial charge in [0.2, 0.25) is 0 Å². The normalized spacial score (nSPS) is 10.5. The zero-order valence-corrected chi connectivity index (χ0v) is 10.6. The van der Waals surface area contributed by atoms with Crippen LogP contribution in [0.5, 0.6) is 0 Å². The van der Waals surface area contributed by atoms with Gasteiger partial charge in [0.05, 0.1) is 13.2 Å². The van der Waals surface area contributed by atoms with Crippen LogP contribution in [-0.2, 0) is 11.3 Å². The second kappa shape index (κ2) is 6.42. The molecule has 1 aromatic carbocycles. The molecule has 0 saturated heterocycles. The third-order valence-corrected chi connectivity index (χ3v) is 3.31. The number of hydrogen-bond donors (Lipinski definition) is 0. The Morgan fingerprint density at radius 1 is 1.22 bits per heavy atom. The molecule has 0 aliphatic rings. The van der Waals surface area contributed by atoms with Gasteiger partial charge in [-0.25, -0.2) is 4.39 Å². The van der Waals surface area contributed by atoms with Crippen LogP contribution < -0.4 is 0 Å². The van der Waals surface area contributed by atoms with Crippen LogP contribution in [0.1, 0.15) is 21.7 Å². The lowest BCUT2D eigenvalue weighted by molar-refractivity contribution is 0.0853. The Kier molecular flexibility index (Phi) is 4.61. The topological polar surface area (TPSA) is 26.3 Å². The van der Waals surface area contributed by atoms with Crippen molar-refractivity contribution in [2.45, 2.75) is 13.0 Å². The number of halogens is 1. The Bertz CT molecular complexity index is 491. The molecule has 0 N–H and O–H groups in total. The molecular formula is C14H13FO2S. The Hall–Kier alpha value is -1.52. The lowest BCUT2D eigenvalue weighted by atomic mass is 10.1. The van der Waals surface area contributed by atoms with E-state index in [0.717, 1.165) is 4.88 Å². The maximum absolute atomic E-state index is 12.7. The molecule has 0 radical (unpaired) electrons. The fourth-order valence-electron chi connectivity index (χ4n) is 1.51. The fourth-order valence-corrected chi connectivity index (χ4v) is 2.15. The third-order valence-electron chi connectivity index (χ3n) is 2.46. The molecule has 1 aromatic heterocycles. The quantitative estimate of drug-likeness (QED) is 0.587. The van der Waals surface area contributed by atoms with Crippen LogP contribution in [0.2, 0.25) is 0 Å². The minimum atomic E-state index is -0.333. The highest BCUT2D eigenvalue weighted by Crippen LogP contribution is 2.10. The van der Waals surface area contributed by atoms with Gasteiger partial charge in [0.25, 0.3) is 0 Å². The van der Waals surface area contributed by atoms with E-state index >= 15 is 0 Å². The predicted molar refractivity (Wildman–Crippen MR) is 69.3 cm³/mol. The highest BCUT2D eigenvalue weighted by atomic mass is 32.1. The first-order valence-corrected chi connectivity index (χ1v) is 6.52. The van der Waals surface area contributed by atoms with Crippen molar-refractivity contribution in [1.82, 2.24) is 0 Å². The smallest absolute Gasteiger partial charge is 0.165 e. The molecule has 0 aliphatic heterocycles. The number of carbonyl (C=O) groups is 1. The van der Waals surface area contributed by atoms with E-state index in [-0.39, 0.29) is 11.6 Å². The number of rotatable bonds is 6. The van der Waals surface area contributed by atoms with Gasteiger partial charge >= 0.3 is 0 Å². The van der Waals surface area contributed by atoms with Crippen LogP contribution in [0.25, 0.3) is 0 Å². The molecule has 0 bridgehead atoms. The highest BCUT2D eigenvalue weighted by Gasteiger charge is 2.05. The minimum absolute atomic E-state index is 0.0267. The first-order valence-electron chi connectivity index (χ1n) is 5.64. The van der Waals surface area contributed by atoms with Crippen LogP contribution in [-0.4, -0.2) is 12.4 Å². The van der Waals surface area contributed by atoms with Gasteiger partial charge in [-0.2, -0.15) is 0 Å². The molecule has 4 heteroatoms. The van der Waals surface area contributed by atoms with Crippen molar-refractivity contribution in [3.8, 4) is 0 Å². The van der Waals surface area contributed by atoms with Crippen molar-refractivity contribution >= 4 is 17.1 Å². The molecule has 2 nitrogen and oxygen atoms in total. The van der Waals surface area contributed by atoms with Crippen molar-refractivity contribution in [3.05, 3.63) is 58.0 Å². The summed E-state index contributed by atoms with van der Waals surface area (Å²) in [4.78, 5) is 12.9. The highest BCUT2D eigenvalue weighted by molar-refractivity contribution is 7.09. The Morgan fingerprint density at radius 3 is 2.67 bits per heavy atom. The van der Waals surface area contributed by atoms with Crippen molar-refractivity contribution in [3.63, 3.8) is 0 Å². The monoisotopic (exact) mass is 264 g/mol. The molecule has 0 spiro atoms. The summed E-state index contributed by atoms with van der Waals surface area (Å²) in [5.41, 5.74) is 0.524. The molecule has 94 valence electrons.